The number of hydrogen-bond donors (Lipinski definition) is 1. The molecule has 5 nitrogen and oxygen atoms in total. The zero-order valence-electron chi connectivity index (χ0n) is 13.8. The maximum atomic E-state index is 11.9. The standard InChI is InChI=1S/C17H17Cl3N4O/c1-16(2)8-10(7-11(25)9-16)23-24-14-12-5-3-4-6-13(12)21-15(22-14)17(18,19)20/h3-6H,7-9H2,1-2H3,(H,21,22,24)/b23-10+. The van der Waals surface area contributed by atoms with Gasteiger partial charge in [-0.05, 0) is 24.0 Å². The van der Waals surface area contributed by atoms with E-state index in [9.17, 15) is 4.79 Å². The van der Waals surface area contributed by atoms with Crippen molar-refractivity contribution in [2.75, 3.05) is 5.43 Å². The van der Waals surface area contributed by atoms with Gasteiger partial charge in [-0.1, -0.05) is 60.8 Å². The second-order valence-electron chi connectivity index (χ2n) is 6.93. The van der Waals surface area contributed by atoms with Crippen LogP contribution in [0.5, 0.6) is 0 Å². The van der Waals surface area contributed by atoms with E-state index in [2.05, 4.69) is 34.3 Å². The van der Waals surface area contributed by atoms with Crippen molar-refractivity contribution in [3.05, 3.63) is 30.1 Å². The first kappa shape index (κ1) is 18.4. The van der Waals surface area contributed by atoms with Crippen molar-refractivity contribution >= 4 is 63.0 Å². The average molecular weight is 400 g/mol. The van der Waals surface area contributed by atoms with Crippen molar-refractivity contribution in [3.63, 3.8) is 0 Å². The molecule has 1 aromatic heterocycles. The van der Waals surface area contributed by atoms with E-state index in [1.807, 2.05) is 24.3 Å². The number of hydrogen-bond acceptors (Lipinski definition) is 5. The van der Waals surface area contributed by atoms with E-state index in [4.69, 9.17) is 34.8 Å². The normalized spacial score (nSPS) is 19.4. The Morgan fingerprint density at radius 1 is 1.16 bits per heavy atom. The molecule has 132 valence electrons. The van der Waals surface area contributed by atoms with Gasteiger partial charge in [-0.15, -0.1) is 0 Å². The van der Waals surface area contributed by atoms with Crippen LogP contribution in [0, 0.1) is 5.41 Å². The topological polar surface area (TPSA) is 67.2 Å². The van der Waals surface area contributed by atoms with Gasteiger partial charge < -0.3 is 0 Å². The van der Waals surface area contributed by atoms with Crippen molar-refractivity contribution in [1.82, 2.24) is 9.97 Å². The number of para-hydroxylation sites is 1. The van der Waals surface area contributed by atoms with Crippen LogP contribution in [0.4, 0.5) is 5.82 Å². The van der Waals surface area contributed by atoms with Crippen molar-refractivity contribution in [3.8, 4) is 0 Å². The van der Waals surface area contributed by atoms with Crippen LogP contribution < -0.4 is 5.43 Å². The molecule has 1 fully saturated rings. The van der Waals surface area contributed by atoms with Crippen LogP contribution in [-0.4, -0.2) is 21.5 Å². The number of hydrazone groups is 1. The first-order valence-corrected chi connectivity index (χ1v) is 8.95. The lowest BCUT2D eigenvalue weighted by atomic mass is 9.76. The number of Topliss-reactive ketones (excluding diaryl/α,β-unsaturated/α-hetero) is 1. The molecular formula is C17H17Cl3N4O. The minimum absolute atomic E-state index is 0.0685. The highest BCUT2D eigenvalue weighted by atomic mass is 35.6. The molecule has 1 heterocycles. The van der Waals surface area contributed by atoms with Crippen LogP contribution in [0.25, 0.3) is 10.9 Å². The molecule has 0 aliphatic heterocycles. The van der Waals surface area contributed by atoms with Crippen LogP contribution in [0.15, 0.2) is 29.4 Å². The number of carbonyl (C=O) groups is 1. The molecular weight excluding hydrogens is 383 g/mol. The van der Waals surface area contributed by atoms with Crippen LogP contribution in [0.1, 0.15) is 38.9 Å². The first-order valence-electron chi connectivity index (χ1n) is 7.81. The number of anilines is 1. The van der Waals surface area contributed by atoms with E-state index in [1.165, 1.54) is 0 Å². The van der Waals surface area contributed by atoms with Gasteiger partial charge in [-0.3, -0.25) is 10.2 Å². The molecule has 1 aliphatic carbocycles. The summed E-state index contributed by atoms with van der Waals surface area (Å²) in [4.78, 5) is 20.5. The minimum Gasteiger partial charge on any atom is -0.299 e. The molecule has 8 heteroatoms. The number of nitrogens with zero attached hydrogens (tertiary/aromatic N) is 3. The molecule has 25 heavy (non-hydrogen) atoms. The molecule has 1 N–H and O–H groups in total. The van der Waals surface area contributed by atoms with E-state index in [0.29, 0.717) is 24.2 Å². The van der Waals surface area contributed by atoms with Gasteiger partial charge in [0.25, 0.3) is 0 Å². The van der Waals surface area contributed by atoms with E-state index in [1.54, 1.807) is 0 Å². The molecule has 1 saturated carbocycles. The Hall–Kier alpha value is -1.43. The van der Waals surface area contributed by atoms with Gasteiger partial charge in [-0.2, -0.15) is 5.10 Å². The Bertz CT molecular complexity index is 859. The zero-order valence-corrected chi connectivity index (χ0v) is 16.1. The van der Waals surface area contributed by atoms with E-state index < -0.39 is 3.79 Å². The summed E-state index contributed by atoms with van der Waals surface area (Å²) in [6.45, 7) is 4.11. The fourth-order valence-electron chi connectivity index (χ4n) is 3.00. The van der Waals surface area contributed by atoms with Crippen LogP contribution in [-0.2, 0) is 8.59 Å². The number of rotatable bonds is 2. The molecule has 1 aromatic carbocycles. The third kappa shape index (κ3) is 4.40. The number of halogens is 3. The first-order chi connectivity index (χ1) is 11.6. The quantitative estimate of drug-likeness (QED) is 0.570. The van der Waals surface area contributed by atoms with Gasteiger partial charge in [-0.25, -0.2) is 9.97 Å². The van der Waals surface area contributed by atoms with Gasteiger partial charge >= 0.3 is 0 Å². The SMILES string of the molecule is CC1(C)CC(=O)C/C(=N\Nc2nc(C(Cl)(Cl)Cl)nc3ccccc23)C1. The highest BCUT2D eigenvalue weighted by molar-refractivity contribution is 6.66. The van der Waals surface area contributed by atoms with Gasteiger partial charge in [0.15, 0.2) is 11.6 Å². The maximum absolute atomic E-state index is 11.9. The summed E-state index contributed by atoms with van der Waals surface area (Å²) in [5, 5.41) is 5.15. The smallest absolute Gasteiger partial charge is 0.250 e. The van der Waals surface area contributed by atoms with Crippen molar-refractivity contribution in [1.29, 1.82) is 0 Å². The third-order valence-electron chi connectivity index (χ3n) is 3.94. The van der Waals surface area contributed by atoms with Crippen LogP contribution in [0.2, 0.25) is 0 Å². The van der Waals surface area contributed by atoms with Crippen molar-refractivity contribution in [2.45, 2.75) is 36.9 Å². The van der Waals surface area contributed by atoms with Crippen LogP contribution in [0.3, 0.4) is 0 Å². The molecule has 2 aromatic rings. The van der Waals surface area contributed by atoms with Crippen molar-refractivity contribution < 1.29 is 4.79 Å². The zero-order chi connectivity index (χ0) is 18.2. The van der Waals surface area contributed by atoms with E-state index in [-0.39, 0.29) is 17.0 Å². The number of fused-ring (bicyclic) bond motifs is 1. The number of carbonyl (C=O) groups excluding carboxylic acids is 1. The number of alkyl halides is 3. The molecule has 3 rings (SSSR count). The lowest BCUT2D eigenvalue weighted by Crippen LogP contribution is -2.29. The number of aromatic nitrogens is 2. The molecule has 0 atom stereocenters. The highest BCUT2D eigenvalue weighted by Crippen LogP contribution is 2.37. The highest BCUT2D eigenvalue weighted by Gasteiger charge is 2.31. The summed E-state index contributed by atoms with van der Waals surface area (Å²) in [5.41, 5.74) is 4.28. The molecule has 0 radical (unpaired) electrons. The maximum Gasteiger partial charge on any atom is 0.250 e. The molecule has 1 aliphatic rings. The van der Waals surface area contributed by atoms with Gasteiger partial charge in [0.1, 0.15) is 5.78 Å². The number of ketones is 1. The molecule has 0 amide bonds. The van der Waals surface area contributed by atoms with Gasteiger partial charge in [0.05, 0.1) is 5.52 Å². The largest absolute Gasteiger partial charge is 0.299 e. The number of nitrogens with one attached hydrogen (secondary N) is 1. The molecule has 0 unspecified atom stereocenters. The number of benzene rings is 1. The molecule has 0 bridgehead atoms. The minimum atomic E-state index is -1.74. The van der Waals surface area contributed by atoms with Gasteiger partial charge in [0.2, 0.25) is 3.79 Å². The predicted octanol–water partition coefficient (Wildman–Crippen LogP) is 5.00. The summed E-state index contributed by atoms with van der Waals surface area (Å²) in [5.74, 6) is 0.695. The Morgan fingerprint density at radius 3 is 2.56 bits per heavy atom. The molecule has 0 saturated heterocycles. The Balaban J connectivity index is 1.98. The molecule has 0 spiro atoms. The Kier molecular flexibility index (Phi) is 4.93. The summed E-state index contributed by atoms with van der Waals surface area (Å²) in [6.07, 6.45) is 1.66. The average Bonchev–Trinajstić information content (AvgIpc) is 2.49. The van der Waals surface area contributed by atoms with E-state index >= 15 is 0 Å². The fraction of sp³-hybridized carbons (Fsp3) is 0.412. The lowest BCUT2D eigenvalue weighted by molar-refractivity contribution is -0.120. The Morgan fingerprint density at radius 2 is 1.88 bits per heavy atom. The summed E-state index contributed by atoms with van der Waals surface area (Å²) >= 11 is 17.8. The summed E-state index contributed by atoms with van der Waals surface area (Å²) < 4.78 is -1.74. The third-order valence-corrected chi connectivity index (χ3v) is 4.44. The van der Waals surface area contributed by atoms with Crippen LogP contribution >= 0.6 is 34.8 Å². The second-order valence-corrected chi connectivity index (χ2v) is 9.22. The summed E-state index contributed by atoms with van der Waals surface area (Å²) in [6, 6.07) is 7.38. The Labute approximate surface area is 160 Å². The monoisotopic (exact) mass is 398 g/mol. The van der Waals surface area contributed by atoms with Gasteiger partial charge in [0, 0.05) is 23.9 Å². The van der Waals surface area contributed by atoms with Crippen molar-refractivity contribution in [2.24, 2.45) is 10.5 Å². The predicted molar refractivity (Wildman–Crippen MR) is 102 cm³/mol. The fourth-order valence-corrected chi connectivity index (χ4v) is 3.25. The second kappa shape index (κ2) is 6.71. The summed E-state index contributed by atoms with van der Waals surface area (Å²) in [7, 11) is 0. The van der Waals surface area contributed by atoms with E-state index in [0.717, 1.165) is 17.5 Å². The lowest BCUT2D eigenvalue weighted by Gasteiger charge is -2.29.